The fourth-order valence-electron chi connectivity index (χ4n) is 4.72. The molecule has 36 heavy (non-hydrogen) atoms. The van der Waals surface area contributed by atoms with Crippen LogP contribution in [0.15, 0.2) is 60.7 Å². The Morgan fingerprint density at radius 2 is 1.64 bits per heavy atom. The number of nitrogens with one attached hydrogen (secondary N) is 1. The van der Waals surface area contributed by atoms with E-state index in [1.165, 1.54) is 11.1 Å². The lowest BCUT2D eigenvalue weighted by Gasteiger charge is -2.13. The number of ether oxygens (including phenoxy) is 1. The maximum atomic E-state index is 12.5. The molecule has 0 aliphatic heterocycles. The molecule has 0 saturated heterocycles. The molecule has 188 valence electrons. The lowest BCUT2D eigenvalue weighted by Crippen LogP contribution is -2.25. The van der Waals surface area contributed by atoms with E-state index in [0.29, 0.717) is 13.2 Å². The molecule has 0 spiro atoms. The smallest absolute Gasteiger partial charge is 0.251 e. The number of nitrogens with zero attached hydrogens (tertiary/aromatic N) is 2. The Morgan fingerprint density at radius 1 is 0.889 bits per heavy atom. The van der Waals surface area contributed by atoms with E-state index in [1.807, 2.05) is 38.1 Å². The van der Waals surface area contributed by atoms with E-state index >= 15 is 0 Å². The second-order valence-corrected chi connectivity index (χ2v) is 9.67. The number of hydrogen-bond donors (Lipinski definition) is 1. The molecule has 0 fully saturated rings. The number of aryl methyl sites for hydroxylation is 5. The van der Waals surface area contributed by atoms with Gasteiger partial charge in [-0.1, -0.05) is 53.9 Å². The van der Waals surface area contributed by atoms with Gasteiger partial charge in [0.2, 0.25) is 0 Å². The maximum absolute atomic E-state index is 12.5. The van der Waals surface area contributed by atoms with E-state index in [-0.39, 0.29) is 5.91 Å². The zero-order valence-corrected chi connectivity index (χ0v) is 21.9. The largest absolute Gasteiger partial charge is 0.491 e. The summed E-state index contributed by atoms with van der Waals surface area (Å²) in [6, 6.07) is 20.5. The number of carbonyl (C=O) groups excluding carboxylic acids is 1. The maximum Gasteiger partial charge on any atom is 0.251 e. The Kier molecular flexibility index (Phi) is 8.42. The third kappa shape index (κ3) is 6.34. The summed E-state index contributed by atoms with van der Waals surface area (Å²) in [5.41, 5.74) is 7.54. The molecule has 4 aromatic rings. The highest BCUT2D eigenvalue weighted by Crippen LogP contribution is 2.21. The van der Waals surface area contributed by atoms with Gasteiger partial charge >= 0.3 is 0 Å². The SMILES string of the molecule is Cc1ccc(OCCn2c(CCCCCNC(=O)c3ccc(C)cc3C)nc3ccccc32)c(C)c1. The quantitative estimate of drug-likeness (QED) is 0.248. The molecule has 1 aromatic heterocycles. The van der Waals surface area contributed by atoms with Crippen LogP contribution in [0.25, 0.3) is 11.0 Å². The van der Waals surface area contributed by atoms with Crippen LogP contribution < -0.4 is 10.1 Å². The Morgan fingerprint density at radius 3 is 2.42 bits per heavy atom. The van der Waals surface area contributed by atoms with Crippen molar-refractivity contribution in [3.63, 3.8) is 0 Å². The monoisotopic (exact) mass is 483 g/mol. The van der Waals surface area contributed by atoms with Crippen molar-refractivity contribution in [2.45, 2.75) is 59.9 Å². The standard InChI is InChI=1S/C31H37N3O2/c1-22-13-15-26(24(3)20-22)31(35)32-17-9-5-6-12-30-33-27-10-7-8-11-28(27)34(30)18-19-36-29-16-14-23(2)21-25(29)4/h7-8,10-11,13-16,20-21H,5-6,9,12,17-19H2,1-4H3,(H,32,35). The van der Waals surface area contributed by atoms with Crippen LogP contribution in [0.1, 0.15) is 57.7 Å². The van der Waals surface area contributed by atoms with Gasteiger partial charge in [-0.3, -0.25) is 4.79 Å². The number of benzene rings is 3. The zero-order valence-electron chi connectivity index (χ0n) is 21.9. The van der Waals surface area contributed by atoms with E-state index in [2.05, 4.69) is 60.1 Å². The van der Waals surface area contributed by atoms with E-state index < -0.39 is 0 Å². The van der Waals surface area contributed by atoms with Crippen molar-refractivity contribution < 1.29 is 9.53 Å². The van der Waals surface area contributed by atoms with Crippen molar-refractivity contribution >= 4 is 16.9 Å². The summed E-state index contributed by atoms with van der Waals surface area (Å²) in [7, 11) is 0. The number of amides is 1. The summed E-state index contributed by atoms with van der Waals surface area (Å²) < 4.78 is 8.40. The van der Waals surface area contributed by atoms with Crippen LogP contribution in [0.2, 0.25) is 0 Å². The Hall–Kier alpha value is -3.60. The number of rotatable bonds is 11. The second kappa shape index (κ2) is 11.9. The lowest BCUT2D eigenvalue weighted by molar-refractivity contribution is 0.0952. The van der Waals surface area contributed by atoms with E-state index in [1.54, 1.807) is 0 Å². The first kappa shape index (κ1) is 25.5. The number of aromatic nitrogens is 2. The number of fused-ring (bicyclic) bond motifs is 1. The van der Waals surface area contributed by atoms with Crippen molar-refractivity contribution in [1.29, 1.82) is 0 Å². The number of carbonyl (C=O) groups is 1. The van der Waals surface area contributed by atoms with Gasteiger partial charge in [0.1, 0.15) is 18.2 Å². The highest BCUT2D eigenvalue weighted by Gasteiger charge is 2.11. The molecule has 0 aliphatic rings. The van der Waals surface area contributed by atoms with E-state index in [9.17, 15) is 4.79 Å². The molecule has 0 aliphatic carbocycles. The molecule has 0 unspecified atom stereocenters. The first-order valence-electron chi connectivity index (χ1n) is 12.9. The molecule has 5 heteroatoms. The minimum Gasteiger partial charge on any atom is -0.491 e. The topological polar surface area (TPSA) is 56.1 Å². The zero-order chi connectivity index (χ0) is 25.5. The molecular formula is C31H37N3O2. The highest BCUT2D eigenvalue weighted by atomic mass is 16.5. The summed E-state index contributed by atoms with van der Waals surface area (Å²) in [6.45, 7) is 10.3. The predicted molar refractivity (Wildman–Crippen MR) is 147 cm³/mol. The predicted octanol–water partition coefficient (Wildman–Crippen LogP) is 6.49. The summed E-state index contributed by atoms with van der Waals surface area (Å²) in [4.78, 5) is 17.4. The lowest BCUT2D eigenvalue weighted by atomic mass is 10.1. The van der Waals surface area contributed by atoms with E-state index in [4.69, 9.17) is 9.72 Å². The molecule has 5 nitrogen and oxygen atoms in total. The van der Waals surface area contributed by atoms with Crippen molar-refractivity contribution in [2.75, 3.05) is 13.2 Å². The summed E-state index contributed by atoms with van der Waals surface area (Å²) in [5.74, 6) is 2.05. The minimum absolute atomic E-state index is 0.0121. The molecule has 0 bridgehead atoms. The second-order valence-electron chi connectivity index (χ2n) is 9.67. The van der Waals surface area contributed by atoms with Gasteiger partial charge in [-0.05, 0) is 75.9 Å². The molecule has 1 amide bonds. The number of hydrogen-bond acceptors (Lipinski definition) is 3. The summed E-state index contributed by atoms with van der Waals surface area (Å²) in [5, 5.41) is 3.07. The van der Waals surface area contributed by atoms with Gasteiger partial charge in [-0.2, -0.15) is 0 Å². The van der Waals surface area contributed by atoms with Gasteiger partial charge in [0.15, 0.2) is 0 Å². The molecule has 1 heterocycles. The summed E-state index contributed by atoms with van der Waals surface area (Å²) in [6.07, 6.45) is 3.92. The fourth-order valence-corrected chi connectivity index (χ4v) is 4.72. The van der Waals surface area contributed by atoms with Crippen molar-refractivity contribution in [3.05, 3.63) is 94.3 Å². The fraction of sp³-hybridized carbons (Fsp3) is 0.355. The molecule has 0 radical (unpaired) electrons. The molecule has 3 aromatic carbocycles. The van der Waals surface area contributed by atoms with Crippen molar-refractivity contribution in [1.82, 2.24) is 14.9 Å². The van der Waals surface area contributed by atoms with Crippen molar-refractivity contribution in [3.8, 4) is 5.75 Å². The third-order valence-electron chi connectivity index (χ3n) is 6.63. The van der Waals surface area contributed by atoms with Crippen LogP contribution in [-0.2, 0) is 13.0 Å². The van der Waals surface area contributed by atoms with Crippen molar-refractivity contribution in [2.24, 2.45) is 0 Å². The molecular weight excluding hydrogens is 446 g/mol. The molecule has 4 rings (SSSR count). The Bertz CT molecular complexity index is 1340. The van der Waals surface area contributed by atoms with Gasteiger partial charge in [0.05, 0.1) is 17.6 Å². The summed E-state index contributed by atoms with van der Waals surface area (Å²) >= 11 is 0. The number of para-hydroxylation sites is 2. The van der Waals surface area contributed by atoms with E-state index in [0.717, 1.165) is 71.5 Å². The Labute approximate surface area is 214 Å². The normalized spacial score (nSPS) is 11.1. The minimum atomic E-state index is 0.0121. The van der Waals surface area contributed by atoms with Crippen LogP contribution in [0.4, 0.5) is 0 Å². The number of imidazole rings is 1. The third-order valence-corrected chi connectivity index (χ3v) is 6.63. The average molecular weight is 484 g/mol. The van der Waals surface area contributed by atoms with Crippen LogP contribution in [-0.4, -0.2) is 28.6 Å². The van der Waals surface area contributed by atoms with Crippen LogP contribution in [0.3, 0.4) is 0 Å². The first-order valence-corrected chi connectivity index (χ1v) is 12.9. The van der Waals surface area contributed by atoms with Gasteiger partial charge in [-0.15, -0.1) is 0 Å². The molecule has 1 N–H and O–H groups in total. The van der Waals surface area contributed by atoms with Gasteiger partial charge in [-0.25, -0.2) is 4.98 Å². The average Bonchev–Trinajstić information content (AvgIpc) is 3.20. The first-order chi connectivity index (χ1) is 17.4. The molecule has 0 atom stereocenters. The molecule has 0 saturated carbocycles. The Balaban J connectivity index is 1.28. The van der Waals surface area contributed by atoms with Gasteiger partial charge in [0.25, 0.3) is 5.91 Å². The highest BCUT2D eigenvalue weighted by molar-refractivity contribution is 5.95. The van der Waals surface area contributed by atoms with Crippen LogP contribution in [0, 0.1) is 27.7 Å². The van der Waals surface area contributed by atoms with Gasteiger partial charge in [0, 0.05) is 18.5 Å². The van der Waals surface area contributed by atoms with Crippen LogP contribution in [0.5, 0.6) is 5.75 Å². The number of unbranched alkanes of at least 4 members (excludes halogenated alkanes) is 2. The van der Waals surface area contributed by atoms with Crippen LogP contribution >= 0.6 is 0 Å². The van der Waals surface area contributed by atoms with Gasteiger partial charge < -0.3 is 14.6 Å².